The third-order valence-electron chi connectivity index (χ3n) is 2.34. The number of carbonyl (C=O) groups is 1. The van der Waals surface area contributed by atoms with E-state index in [1.165, 1.54) is 0 Å². The Balaban J connectivity index is 2.82. The first kappa shape index (κ1) is 15.2. The number of hydrogen-bond acceptors (Lipinski definition) is 6. The van der Waals surface area contributed by atoms with E-state index in [2.05, 4.69) is 9.97 Å². The highest BCUT2D eigenvalue weighted by Crippen LogP contribution is 2.12. The number of aromatic nitrogens is 2. The molecule has 1 aromatic heterocycles. The highest BCUT2D eigenvalue weighted by molar-refractivity contribution is 5.72. The van der Waals surface area contributed by atoms with Gasteiger partial charge in [0, 0.05) is 25.4 Å². The third-order valence-corrected chi connectivity index (χ3v) is 2.34. The number of nitrogens with zero attached hydrogens (tertiary/aromatic N) is 4. The van der Waals surface area contributed by atoms with Gasteiger partial charge in [0.1, 0.15) is 6.54 Å². The van der Waals surface area contributed by atoms with Crippen molar-refractivity contribution >= 4 is 11.9 Å². The van der Waals surface area contributed by atoms with Crippen molar-refractivity contribution in [3.8, 4) is 5.88 Å². The van der Waals surface area contributed by atoms with Gasteiger partial charge in [0.25, 0.3) is 0 Å². The van der Waals surface area contributed by atoms with Crippen LogP contribution in [0.4, 0.5) is 5.95 Å². The topological polar surface area (TPSA) is 78.8 Å². The van der Waals surface area contributed by atoms with Crippen molar-refractivity contribution in [3.63, 3.8) is 0 Å². The lowest BCUT2D eigenvalue weighted by molar-refractivity contribution is -0.135. The quantitative estimate of drug-likeness (QED) is 0.727. The zero-order chi connectivity index (χ0) is 14.3. The lowest BCUT2D eigenvalue weighted by Crippen LogP contribution is -2.36. The van der Waals surface area contributed by atoms with Crippen LogP contribution in [0.15, 0.2) is 12.3 Å². The molecule has 0 fully saturated rings. The van der Waals surface area contributed by atoms with Gasteiger partial charge in [-0.05, 0) is 21.0 Å². The molecule has 7 nitrogen and oxygen atoms in total. The summed E-state index contributed by atoms with van der Waals surface area (Å²) in [6, 6.07) is 1.65. The van der Waals surface area contributed by atoms with Crippen LogP contribution in [-0.4, -0.2) is 66.3 Å². The summed E-state index contributed by atoms with van der Waals surface area (Å²) in [5.41, 5.74) is 0. The number of likely N-dealkylation sites (N-methyl/N-ethyl adjacent to an activating group) is 1. The summed E-state index contributed by atoms with van der Waals surface area (Å²) in [5.74, 6) is -0.0906. The zero-order valence-electron chi connectivity index (χ0n) is 11.5. The molecule has 0 atom stereocenters. The van der Waals surface area contributed by atoms with E-state index >= 15 is 0 Å². The van der Waals surface area contributed by atoms with Gasteiger partial charge < -0.3 is 19.6 Å². The van der Waals surface area contributed by atoms with E-state index in [1.54, 1.807) is 17.2 Å². The number of anilines is 1. The predicted octanol–water partition coefficient (Wildman–Crippen LogP) is 0.328. The smallest absolute Gasteiger partial charge is 0.323 e. The first-order valence-electron chi connectivity index (χ1n) is 6.10. The second-order valence-electron chi connectivity index (χ2n) is 4.25. The Labute approximate surface area is 112 Å². The van der Waals surface area contributed by atoms with Crippen molar-refractivity contribution in [2.45, 2.75) is 6.92 Å². The van der Waals surface area contributed by atoms with E-state index in [1.807, 2.05) is 25.9 Å². The maximum absolute atomic E-state index is 10.9. The molecule has 106 valence electrons. The fourth-order valence-electron chi connectivity index (χ4n) is 1.45. The van der Waals surface area contributed by atoms with Gasteiger partial charge >= 0.3 is 5.97 Å². The van der Waals surface area contributed by atoms with Gasteiger partial charge in [-0.1, -0.05) is 0 Å². The summed E-state index contributed by atoms with van der Waals surface area (Å²) in [6.07, 6.45) is 1.57. The number of ether oxygens (including phenoxy) is 1. The van der Waals surface area contributed by atoms with Crippen molar-refractivity contribution in [2.75, 3.05) is 45.2 Å². The molecule has 0 saturated heterocycles. The maximum Gasteiger partial charge on any atom is 0.323 e. The molecular weight excluding hydrogens is 248 g/mol. The van der Waals surface area contributed by atoms with Crippen LogP contribution in [0.25, 0.3) is 0 Å². The molecule has 1 N–H and O–H groups in total. The molecule has 0 radical (unpaired) electrons. The van der Waals surface area contributed by atoms with E-state index in [4.69, 9.17) is 9.84 Å². The van der Waals surface area contributed by atoms with E-state index in [0.29, 0.717) is 25.0 Å². The molecular formula is C12H20N4O3. The highest BCUT2D eigenvalue weighted by Gasteiger charge is 2.14. The summed E-state index contributed by atoms with van der Waals surface area (Å²) in [5, 5.41) is 8.94. The van der Waals surface area contributed by atoms with E-state index in [-0.39, 0.29) is 6.54 Å². The zero-order valence-corrected chi connectivity index (χ0v) is 11.5. The Morgan fingerprint density at radius 3 is 2.74 bits per heavy atom. The van der Waals surface area contributed by atoms with Gasteiger partial charge in [-0.3, -0.25) is 4.79 Å². The molecule has 7 heteroatoms. The summed E-state index contributed by atoms with van der Waals surface area (Å²) < 4.78 is 5.29. The fourth-order valence-corrected chi connectivity index (χ4v) is 1.45. The Morgan fingerprint density at radius 2 is 2.16 bits per heavy atom. The molecule has 0 aromatic carbocycles. The number of carboxylic acids is 1. The van der Waals surface area contributed by atoms with Crippen LogP contribution in [0.3, 0.4) is 0 Å². The van der Waals surface area contributed by atoms with Gasteiger partial charge in [0.15, 0.2) is 0 Å². The second-order valence-corrected chi connectivity index (χ2v) is 4.25. The van der Waals surface area contributed by atoms with Crippen molar-refractivity contribution < 1.29 is 14.6 Å². The van der Waals surface area contributed by atoms with Crippen molar-refractivity contribution in [2.24, 2.45) is 0 Å². The number of rotatable bonds is 8. The summed E-state index contributed by atoms with van der Waals surface area (Å²) in [4.78, 5) is 22.8. The summed E-state index contributed by atoms with van der Waals surface area (Å²) in [6.45, 7) is 3.49. The standard InChI is InChI=1S/C12H20N4O3/c1-4-19-10-5-6-13-12(14-10)16(9-11(17)18)8-7-15(2)3/h5-6H,4,7-9H2,1-3H3,(H,17,18). The molecule has 0 amide bonds. The number of hydrogen-bond donors (Lipinski definition) is 1. The molecule has 19 heavy (non-hydrogen) atoms. The lowest BCUT2D eigenvalue weighted by atomic mass is 10.4. The van der Waals surface area contributed by atoms with Crippen LogP contribution in [0.5, 0.6) is 5.88 Å². The van der Waals surface area contributed by atoms with Gasteiger partial charge in [-0.25, -0.2) is 4.98 Å². The minimum Gasteiger partial charge on any atom is -0.480 e. The molecule has 0 saturated carbocycles. The van der Waals surface area contributed by atoms with Crippen LogP contribution >= 0.6 is 0 Å². The third kappa shape index (κ3) is 5.52. The van der Waals surface area contributed by atoms with Gasteiger partial charge in [-0.15, -0.1) is 0 Å². The Kier molecular flexibility index (Phi) is 6.01. The maximum atomic E-state index is 10.9. The monoisotopic (exact) mass is 268 g/mol. The van der Waals surface area contributed by atoms with Crippen molar-refractivity contribution in [1.29, 1.82) is 0 Å². The fraction of sp³-hybridized carbons (Fsp3) is 0.583. The molecule has 0 unspecified atom stereocenters. The number of aliphatic carboxylic acids is 1. The minimum absolute atomic E-state index is 0.135. The molecule has 0 spiro atoms. The van der Waals surface area contributed by atoms with Crippen LogP contribution in [0.2, 0.25) is 0 Å². The first-order chi connectivity index (χ1) is 9.02. The summed E-state index contributed by atoms with van der Waals surface area (Å²) in [7, 11) is 3.85. The first-order valence-corrected chi connectivity index (χ1v) is 6.10. The lowest BCUT2D eigenvalue weighted by Gasteiger charge is -2.22. The normalized spacial score (nSPS) is 10.5. The average molecular weight is 268 g/mol. The molecule has 1 rings (SSSR count). The Bertz CT molecular complexity index is 412. The largest absolute Gasteiger partial charge is 0.480 e. The molecule has 1 heterocycles. The van der Waals surface area contributed by atoms with E-state index < -0.39 is 5.97 Å². The predicted molar refractivity (Wildman–Crippen MR) is 71.6 cm³/mol. The van der Waals surface area contributed by atoms with Crippen LogP contribution in [0.1, 0.15) is 6.92 Å². The van der Waals surface area contributed by atoms with Gasteiger partial charge in [0.2, 0.25) is 11.8 Å². The van der Waals surface area contributed by atoms with Crippen LogP contribution in [-0.2, 0) is 4.79 Å². The molecule has 0 aliphatic carbocycles. The molecule has 0 aliphatic rings. The Hall–Kier alpha value is -1.89. The molecule has 1 aromatic rings. The SMILES string of the molecule is CCOc1ccnc(N(CCN(C)C)CC(=O)O)n1. The minimum atomic E-state index is -0.913. The number of carboxylic acid groups (broad SMARTS) is 1. The van der Waals surface area contributed by atoms with E-state index in [9.17, 15) is 4.79 Å². The van der Waals surface area contributed by atoms with Gasteiger partial charge in [0.05, 0.1) is 6.61 Å². The highest BCUT2D eigenvalue weighted by atomic mass is 16.5. The van der Waals surface area contributed by atoms with Crippen molar-refractivity contribution in [1.82, 2.24) is 14.9 Å². The second kappa shape index (κ2) is 7.52. The van der Waals surface area contributed by atoms with Gasteiger partial charge in [-0.2, -0.15) is 4.98 Å². The van der Waals surface area contributed by atoms with Crippen molar-refractivity contribution in [3.05, 3.63) is 12.3 Å². The Morgan fingerprint density at radius 1 is 1.42 bits per heavy atom. The van der Waals surface area contributed by atoms with Crippen LogP contribution in [0, 0.1) is 0 Å². The molecule has 0 bridgehead atoms. The molecule has 0 aliphatic heterocycles. The average Bonchev–Trinajstić information content (AvgIpc) is 2.34. The summed E-state index contributed by atoms with van der Waals surface area (Å²) >= 11 is 0. The van der Waals surface area contributed by atoms with Crippen LogP contribution < -0.4 is 9.64 Å². The van der Waals surface area contributed by atoms with E-state index in [0.717, 1.165) is 6.54 Å².